The summed E-state index contributed by atoms with van der Waals surface area (Å²) >= 11 is 1.10. The number of aromatic carboxylic acids is 1. The summed E-state index contributed by atoms with van der Waals surface area (Å²) in [4.78, 5) is 23.3. The average molecular weight is 279 g/mol. The summed E-state index contributed by atoms with van der Waals surface area (Å²) in [6.07, 6.45) is 1.47. The first-order valence-electron chi connectivity index (χ1n) is 5.53. The van der Waals surface area contributed by atoms with Crippen molar-refractivity contribution in [2.24, 2.45) is 7.05 Å². The van der Waals surface area contributed by atoms with Crippen molar-refractivity contribution < 1.29 is 14.7 Å². The lowest BCUT2D eigenvalue weighted by molar-refractivity contribution is 0.0703. The summed E-state index contributed by atoms with van der Waals surface area (Å²) in [7, 11) is 1.74. The van der Waals surface area contributed by atoms with Crippen molar-refractivity contribution in [2.45, 2.75) is 13.8 Å². The van der Waals surface area contributed by atoms with Crippen LogP contribution in [0.3, 0.4) is 0 Å². The fraction of sp³-hybridized carbons (Fsp3) is 0.250. The molecule has 100 valence electrons. The maximum absolute atomic E-state index is 12.1. The van der Waals surface area contributed by atoms with Gasteiger partial charge in [-0.05, 0) is 24.8 Å². The molecule has 0 spiro atoms. The van der Waals surface area contributed by atoms with Gasteiger partial charge in [-0.25, -0.2) is 4.79 Å². The number of carboxylic acids is 1. The van der Waals surface area contributed by atoms with E-state index in [9.17, 15) is 9.59 Å². The highest BCUT2D eigenvalue weighted by Crippen LogP contribution is 2.28. The van der Waals surface area contributed by atoms with Crippen LogP contribution in [0.2, 0.25) is 0 Å². The molecule has 0 unspecified atom stereocenters. The fourth-order valence-electron chi connectivity index (χ4n) is 1.66. The highest BCUT2D eigenvalue weighted by molar-refractivity contribution is 7.12. The average Bonchev–Trinajstić information content (AvgIpc) is 2.85. The number of aromatic nitrogens is 2. The van der Waals surface area contributed by atoms with Gasteiger partial charge in [-0.3, -0.25) is 9.48 Å². The van der Waals surface area contributed by atoms with Gasteiger partial charge in [-0.2, -0.15) is 5.10 Å². The molecule has 2 rings (SSSR count). The number of carbonyl (C=O) groups is 2. The van der Waals surface area contributed by atoms with Crippen LogP contribution in [0.15, 0.2) is 11.6 Å². The molecule has 0 fully saturated rings. The number of aryl methyl sites for hydroxylation is 2. The Morgan fingerprint density at radius 3 is 2.63 bits per heavy atom. The SMILES string of the molecule is Cc1csc(C(=O)O)c1NC(=O)c1cnn(C)c1C. The molecule has 2 aromatic rings. The summed E-state index contributed by atoms with van der Waals surface area (Å²) in [5, 5.41) is 17.4. The molecule has 2 aromatic heterocycles. The molecule has 2 heterocycles. The van der Waals surface area contributed by atoms with Gasteiger partial charge in [0.1, 0.15) is 4.88 Å². The number of nitrogens with zero attached hydrogens (tertiary/aromatic N) is 2. The van der Waals surface area contributed by atoms with Gasteiger partial charge in [0.25, 0.3) is 5.91 Å². The van der Waals surface area contributed by atoms with E-state index in [1.54, 1.807) is 31.0 Å². The number of amides is 1. The van der Waals surface area contributed by atoms with Crippen LogP contribution in [0.25, 0.3) is 0 Å². The Balaban J connectivity index is 2.32. The van der Waals surface area contributed by atoms with Crippen molar-refractivity contribution in [3.8, 4) is 0 Å². The van der Waals surface area contributed by atoms with Gasteiger partial charge in [0.2, 0.25) is 0 Å². The first kappa shape index (κ1) is 13.3. The molecule has 1 amide bonds. The summed E-state index contributed by atoms with van der Waals surface area (Å²) in [5.74, 6) is -1.40. The fourth-order valence-corrected chi connectivity index (χ4v) is 2.50. The van der Waals surface area contributed by atoms with E-state index in [-0.39, 0.29) is 10.8 Å². The first-order chi connectivity index (χ1) is 8.91. The minimum absolute atomic E-state index is 0.132. The van der Waals surface area contributed by atoms with Crippen molar-refractivity contribution >= 4 is 28.9 Å². The van der Waals surface area contributed by atoms with Gasteiger partial charge in [-0.1, -0.05) is 0 Å². The predicted molar refractivity (Wildman–Crippen MR) is 71.9 cm³/mol. The molecule has 7 heteroatoms. The highest BCUT2D eigenvalue weighted by Gasteiger charge is 2.19. The second kappa shape index (κ2) is 4.85. The molecule has 19 heavy (non-hydrogen) atoms. The maximum Gasteiger partial charge on any atom is 0.348 e. The lowest BCUT2D eigenvalue weighted by Crippen LogP contribution is -2.15. The minimum Gasteiger partial charge on any atom is -0.477 e. The van der Waals surface area contributed by atoms with Crippen molar-refractivity contribution in [3.63, 3.8) is 0 Å². The predicted octanol–water partition coefficient (Wildman–Crippen LogP) is 2.05. The molecule has 0 radical (unpaired) electrons. The third-order valence-corrected chi connectivity index (χ3v) is 3.97. The van der Waals surface area contributed by atoms with Crippen LogP contribution in [-0.4, -0.2) is 26.8 Å². The van der Waals surface area contributed by atoms with E-state index < -0.39 is 5.97 Å². The van der Waals surface area contributed by atoms with E-state index in [1.807, 2.05) is 0 Å². The van der Waals surface area contributed by atoms with Crippen LogP contribution in [0.5, 0.6) is 0 Å². The minimum atomic E-state index is -1.05. The Kier molecular flexibility index (Phi) is 3.39. The molecule has 0 aromatic carbocycles. The third-order valence-electron chi connectivity index (χ3n) is 2.89. The second-order valence-corrected chi connectivity index (χ2v) is 5.03. The van der Waals surface area contributed by atoms with E-state index in [4.69, 9.17) is 5.11 Å². The zero-order valence-electron chi connectivity index (χ0n) is 10.7. The van der Waals surface area contributed by atoms with Gasteiger partial charge in [0, 0.05) is 12.7 Å². The normalized spacial score (nSPS) is 10.5. The van der Waals surface area contributed by atoms with Crippen LogP contribution in [0.4, 0.5) is 5.69 Å². The number of carbonyl (C=O) groups excluding carboxylic acids is 1. The topological polar surface area (TPSA) is 84.2 Å². The molecule has 6 nitrogen and oxygen atoms in total. The van der Waals surface area contributed by atoms with E-state index in [2.05, 4.69) is 10.4 Å². The number of rotatable bonds is 3. The first-order valence-corrected chi connectivity index (χ1v) is 6.41. The van der Waals surface area contributed by atoms with Gasteiger partial charge >= 0.3 is 5.97 Å². The monoisotopic (exact) mass is 279 g/mol. The molecular weight excluding hydrogens is 266 g/mol. The number of hydrogen-bond donors (Lipinski definition) is 2. The maximum atomic E-state index is 12.1. The van der Waals surface area contributed by atoms with E-state index >= 15 is 0 Å². The summed E-state index contributed by atoms with van der Waals surface area (Å²) in [5.41, 5.74) is 2.25. The number of carboxylic acid groups (broad SMARTS) is 1. The second-order valence-electron chi connectivity index (χ2n) is 4.15. The molecule has 2 N–H and O–H groups in total. The highest BCUT2D eigenvalue weighted by atomic mass is 32.1. The number of anilines is 1. The molecule has 0 bridgehead atoms. The summed E-state index contributed by atoms with van der Waals surface area (Å²) in [6.45, 7) is 3.54. The van der Waals surface area contributed by atoms with Gasteiger partial charge < -0.3 is 10.4 Å². The van der Waals surface area contributed by atoms with E-state index in [0.717, 1.165) is 22.6 Å². The van der Waals surface area contributed by atoms with Crippen LogP contribution in [0, 0.1) is 13.8 Å². The van der Waals surface area contributed by atoms with Crippen molar-refractivity contribution in [2.75, 3.05) is 5.32 Å². The van der Waals surface area contributed by atoms with Crippen LogP contribution < -0.4 is 5.32 Å². The standard InChI is InChI=1S/C12H13N3O3S/c1-6-5-19-10(12(17)18)9(6)14-11(16)8-4-13-15(3)7(8)2/h4-5H,1-3H3,(H,14,16)(H,17,18). The molecule has 0 saturated heterocycles. The van der Waals surface area contributed by atoms with E-state index in [1.165, 1.54) is 6.20 Å². The summed E-state index contributed by atoms with van der Waals surface area (Å²) < 4.78 is 1.59. The van der Waals surface area contributed by atoms with Crippen LogP contribution in [0.1, 0.15) is 31.3 Å². The number of nitrogens with one attached hydrogen (secondary N) is 1. The third kappa shape index (κ3) is 2.37. The van der Waals surface area contributed by atoms with E-state index in [0.29, 0.717) is 11.3 Å². The quantitative estimate of drug-likeness (QED) is 0.900. The summed E-state index contributed by atoms with van der Waals surface area (Å²) in [6, 6.07) is 0. The molecule has 0 atom stereocenters. The Morgan fingerprint density at radius 1 is 1.42 bits per heavy atom. The number of thiophene rings is 1. The van der Waals surface area contributed by atoms with Crippen molar-refractivity contribution in [1.82, 2.24) is 9.78 Å². The van der Waals surface area contributed by atoms with Crippen LogP contribution >= 0.6 is 11.3 Å². The van der Waals surface area contributed by atoms with Crippen LogP contribution in [-0.2, 0) is 7.05 Å². The lowest BCUT2D eigenvalue weighted by atomic mass is 10.2. The molecule has 0 saturated carbocycles. The smallest absolute Gasteiger partial charge is 0.348 e. The molecular formula is C12H13N3O3S. The Morgan fingerprint density at radius 2 is 2.11 bits per heavy atom. The van der Waals surface area contributed by atoms with Crippen molar-refractivity contribution in [3.05, 3.63) is 33.3 Å². The molecule has 0 aliphatic rings. The van der Waals surface area contributed by atoms with Gasteiger partial charge in [0.05, 0.1) is 17.4 Å². The Hall–Kier alpha value is -2.15. The number of hydrogen-bond acceptors (Lipinski definition) is 4. The van der Waals surface area contributed by atoms with Crippen molar-refractivity contribution in [1.29, 1.82) is 0 Å². The zero-order valence-corrected chi connectivity index (χ0v) is 11.5. The van der Waals surface area contributed by atoms with Gasteiger partial charge in [0.15, 0.2) is 0 Å². The molecule has 0 aliphatic carbocycles. The largest absolute Gasteiger partial charge is 0.477 e. The Bertz CT molecular complexity index is 657. The lowest BCUT2D eigenvalue weighted by Gasteiger charge is -2.06. The zero-order chi connectivity index (χ0) is 14.2. The molecule has 0 aliphatic heterocycles. The van der Waals surface area contributed by atoms with Gasteiger partial charge in [-0.15, -0.1) is 11.3 Å². The Labute approximate surface area is 113 Å².